The maximum Gasteiger partial charge on any atom is 0.131 e. The molecule has 2 heteroatoms. The Morgan fingerprint density at radius 1 is 1.08 bits per heavy atom. The maximum absolute atomic E-state index is 4.39. The molecule has 1 aliphatic rings. The van der Waals surface area contributed by atoms with Gasteiger partial charge in [0.25, 0.3) is 0 Å². The largest absolute Gasteiger partial charge is 0.241 e. The standard InChI is InChI=1S/C11H16N2/c1-9-7-12-11(13-8-9)10-5-3-2-4-6-10/h7-8,10H,2-6H2,1H3. The van der Waals surface area contributed by atoms with Crippen LogP contribution in [0.15, 0.2) is 12.4 Å². The van der Waals surface area contributed by atoms with Gasteiger partial charge in [0.1, 0.15) is 5.82 Å². The lowest BCUT2D eigenvalue weighted by molar-refractivity contribution is 0.428. The first kappa shape index (κ1) is 8.67. The van der Waals surface area contributed by atoms with Crippen LogP contribution in [0.5, 0.6) is 0 Å². The van der Waals surface area contributed by atoms with Crippen LogP contribution < -0.4 is 0 Å². The van der Waals surface area contributed by atoms with Crippen LogP contribution in [0, 0.1) is 6.92 Å². The van der Waals surface area contributed by atoms with Gasteiger partial charge in [-0.15, -0.1) is 0 Å². The molecule has 2 rings (SSSR count). The summed E-state index contributed by atoms with van der Waals surface area (Å²) in [6.45, 7) is 2.03. The Balaban J connectivity index is 2.10. The van der Waals surface area contributed by atoms with E-state index in [1.165, 1.54) is 32.1 Å². The third kappa shape index (κ3) is 2.06. The van der Waals surface area contributed by atoms with Crippen molar-refractivity contribution < 1.29 is 0 Å². The van der Waals surface area contributed by atoms with Crippen molar-refractivity contribution in [1.82, 2.24) is 9.97 Å². The van der Waals surface area contributed by atoms with Crippen molar-refractivity contribution in [2.24, 2.45) is 0 Å². The second-order valence-corrected chi connectivity index (χ2v) is 3.95. The van der Waals surface area contributed by atoms with Crippen LogP contribution in [0.2, 0.25) is 0 Å². The van der Waals surface area contributed by atoms with Gasteiger partial charge in [-0.25, -0.2) is 9.97 Å². The highest BCUT2D eigenvalue weighted by Crippen LogP contribution is 2.30. The predicted molar refractivity (Wildman–Crippen MR) is 52.6 cm³/mol. The van der Waals surface area contributed by atoms with E-state index in [0.29, 0.717) is 5.92 Å². The predicted octanol–water partition coefficient (Wildman–Crippen LogP) is 2.83. The minimum atomic E-state index is 0.634. The lowest BCUT2D eigenvalue weighted by atomic mass is 9.89. The van der Waals surface area contributed by atoms with E-state index < -0.39 is 0 Å². The molecular formula is C11H16N2. The molecule has 0 unspecified atom stereocenters. The molecule has 1 aromatic heterocycles. The molecule has 2 nitrogen and oxygen atoms in total. The van der Waals surface area contributed by atoms with Crippen LogP contribution >= 0.6 is 0 Å². The highest BCUT2D eigenvalue weighted by molar-refractivity contribution is 5.05. The van der Waals surface area contributed by atoms with Crippen LogP contribution in [0.25, 0.3) is 0 Å². The monoisotopic (exact) mass is 176 g/mol. The molecule has 1 heterocycles. The number of rotatable bonds is 1. The molecule has 0 aromatic carbocycles. The molecule has 1 aromatic rings. The van der Waals surface area contributed by atoms with Crippen molar-refractivity contribution in [1.29, 1.82) is 0 Å². The van der Waals surface area contributed by atoms with Crippen LogP contribution in [0.3, 0.4) is 0 Å². The van der Waals surface area contributed by atoms with Crippen LogP contribution in [0.1, 0.15) is 49.4 Å². The molecule has 1 saturated carbocycles. The summed E-state index contributed by atoms with van der Waals surface area (Å²) in [5.41, 5.74) is 1.15. The fraction of sp³-hybridized carbons (Fsp3) is 0.636. The van der Waals surface area contributed by atoms with Gasteiger partial charge in [-0.3, -0.25) is 0 Å². The molecule has 13 heavy (non-hydrogen) atoms. The van der Waals surface area contributed by atoms with Crippen LogP contribution in [-0.2, 0) is 0 Å². The molecule has 0 atom stereocenters. The molecule has 0 bridgehead atoms. The Morgan fingerprint density at radius 2 is 1.69 bits per heavy atom. The Kier molecular flexibility index (Phi) is 2.57. The van der Waals surface area contributed by atoms with E-state index >= 15 is 0 Å². The summed E-state index contributed by atoms with van der Waals surface area (Å²) in [5, 5.41) is 0. The lowest BCUT2D eigenvalue weighted by Crippen LogP contribution is -2.08. The molecule has 1 fully saturated rings. The van der Waals surface area contributed by atoms with Gasteiger partial charge >= 0.3 is 0 Å². The van der Waals surface area contributed by atoms with Crippen LogP contribution in [-0.4, -0.2) is 9.97 Å². The second-order valence-electron chi connectivity index (χ2n) is 3.95. The SMILES string of the molecule is Cc1cnc(C2CCCCC2)nc1. The first-order valence-electron chi connectivity index (χ1n) is 5.15. The van der Waals surface area contributed by atoms with Gasteiger partial charge in [-0.05, 0) is 25.3 Å². The molecule has 0 spiro atoms. The maximum atomic E-state index is 4.39. The van der Waals surface area contributed by atoms with E-state index in [9.17, 15) is 0 Å². The third-order valence-corrected chi connectivity index (χ3v) is 2.77. The first-order valence-corrected chi connectivity index (χ1v) is 5.15. The van der Waals surface area contributed by atoms with Gasteiger partial charge in [-0.1, -0.05) is 19.3 Å². The van der Waals surface area contributed by atoms with Crippen molar-refractivity contribution in [3.05, 3.63) is 23.8 Å². The summed E-state index contributed by atoms with van der Waals surface area (Å²) in [6.07, 6.45) is 10.5. The van der Waals surface area contributed by atoms with E-state index in [2.05, 4.69) is 9.97 Å². The van der Waals surface area contributed by atoms with Gasteiger partial charge in [0.2, 0.25) is 0 Å². The average molecular weight is 176 g/mol. The van der Waals surface area contributed by atoms with E-state index in [4.69, 9.17) is 0 Å². The normalized spacial score (nSPS) is 18.8. The summed E-state index contributed by atoms with van der Waals surface area (Å²) in [6, 6.07) is 0. The van der Waals surface area contributed by atoms with Crippen molar-refractivity contribution in [2.45, 2.75) is 44.9 Å². The highest BCUT2D eigenvalue weighted by Gasteiger charge is 2.17. The summed E-state index contributed by atoms with van der Waals surface area (Å²) in [4.78, 5) is 8.78. The highest BCUT2D eigenvalue weighted by atomic mass is 14.9. The first-order chi connectivity index (χ1) is 6.36. The Bertz CT molecular complexity index is 260. The topological polar surface area (TPSA) is 25.8 Å². The summed E-state index contributed by atoms with van der Waals surface area (Å²) in [7, 11) is 0. The third-order valence-electron chi connectivity index (χ3n) is 2.77. The quantitative estimate of drug-likeness (QED) is 0.657. The molecule has 0 aliphatic heterocycles. The number of hydrogen-bond acceptors (Lipinski definition) is 2. The van der Waals surface area contributed by atoms with Crippen molar-refractivity contribution in [3.63, 3.8) is 0 Å². The van der Waals surface area contributed by atoms with Gasteiger partial charge in [0.05, 0.1) is 0 Å². The minimum Gasteiger partial charge on any atom is -0.241 e. The number of hydrogen-bond donors (Lipinski definition) is 0. The molecular weight excluding hydrogens is 160 g/mol. The summed E-state index contributed by atoms with van der Waals surface area (Å²) >= 11 is 0. The Hall–Kier alpha value is -0.920. The van der Waals surface area contributed by atoms with Gasteiger partial charge < -0.3 is 0 Å². The Labute approximate surface area is 79.4 Å². The second kappa shape index (κ2) is 3.86. The van der Waals surface area contributed by atoms with Gasteiger partial charge in [0, 0.05) is 18.3 Å². The molecule has 0 N–H and O–H groups in total. The van der Waals surface area contributed by atoms with Crippen LogP contribution in [0.4, 0.5) is 0 Å². The average Bonchev–Trinajstić information content (AvgIpc) is 2.20. The molecule has 0 radical (unpaired) electrons. The Morgan fingerprint density at radius 3 is 2.31 bits per heavy atom. The van der Waals surface area contributed by atoms with Crippen molar-refractivity contribution in [3.8, 4) is 0 Å². The molecule has 1 aliphatic carbocycles. The number of aryl methyl sites for hydroxylation is 1. The zero-order chi connectivity index (χ0) is 9.10. The van der Waals surface area contributed by atoms with Gasteiger partial charge in [0.15, 0.2) is 0 Å². The summed E-state index contributed by atoms with van der Waals surface area (Å²) in [5.74, 6) is 1.69. The smallest absolute Gasteiger partial charge is 0.131 e. The van der Waals surface area contributed by atoms with E-state index in [1.54, 1.807) is 0 Å². The number of nitrogens with zero attached hydrogens (tertiary/aromatic N) is 2. The summed E-state index contributed by atoms with van der Waals surface area (Å²) < 4.78 is 0. The van der Waals surface area contributed by atoms with Gasteiger partial charge in [-0.2, -0.15) is 0 Å². The lowest BCUT2D eigenvalue weighted by Gasteiger charge is -2.19. The zero-order valence-electron chi connectivity index (χ0n) is 8.16. The molecule has 0 saturated heterocycles. The van der Waals surface area contributed by atoms with E-state index in [-0.39, 0.29) is 0 Å². The number of aromatic nitrogens is 2. The fourth-order valence-corrected chi connectivity index (χ4v) is 1.97. The van der Waals surface area contributed by atoms with E-state index in [1.807, 2.05) is 19.3 Å². The van der Waals surface area contributed by atoms with Crippen molar-refractivity contribution in [2.75, 3.05) is 0 Å². The van der Waals surface area contributed by atoms with E-state index in [0.717, 1.165) is 11.4 Å². The minimum absolute atomic E-state index is 0.634. The zero-order valence-corrected chi connectivity index (χ0v) is 8.16. The fourth-order valence-electron chi connectivity index (χ4n) is 1.97. The molecule has 0 amide bonds. The molecule has 70 valence electrons. The van der Waals surface area contributed by atoms with Crippen molar-refractivity contribution >= 4 is 0 Å².